The van der Waals surface area contributed by atoms with E-state index < -0.39 is 5.60 Å². The molecule has 2 unspecified atom stereocenters. The van der Waals surface area contributed by atoms with E-state index in [-0.39, 0.29) is 23.1 Å². The summed E-state index contributed by atoms with van der Waals surface area (Å²) in [6.45, 7) is 5.63. The van der Waals surface area contributed by atoms with E-state index in [4.69, 9.17) is 4.74 Å². The van der Waals surface area contributed by atoms with Crippen molar-refractivity contribution in [2.45, 2.75) is 76.0 Å². The molecule has 1 aromatic rings. The first-order valence-electron chi connectivity index (χ1n) is 9.90. The molecule has 0 radical (unpaired) electrons. The lowest BCUT2D eigenvalue weighted by atomic mass is 9.50. The quantitative estimate of drug-likeness (QED) is 0.853. The number of nitrogens with zero attached hydrogens (tertiary/aromatic N) is 1. The molecule has 5 rings (SSSR count). The first kappa shape index (κ1) is 18.3. The fraction of sp³-hybridized carbons (Fsp3) is 0.667. The summed E-state index contributed by atoms with van der Waals surface area (Å²) < 4.78 is 5.51. The van der Waals surface area contributed by atoms with Gasteiger partial charge in [0.2, 0.25) is 0 Å². The average Bonchev–Trinajstić information content (AvgIpc) is 2.51. The molecule has 0 spiro atoms. The second-order valence-electron chi connectivity index (χ2n) is 9.84. The normalized spacial score (nSPS) is 34.2. The lowest BCUT2D eigenvalue weighted by Crippen LogP contribution is -2.70. The van der Waals surface area contributed by atoms with Crippen LogP contribution in [0.25, 0.3) is 0 Å². The molecule has 6 nitrogen and oxygen atoms in total. The molecule has 4 bridgehead atoms. The Labute approximate surface area is 160 Å². The van der Waals surface area contributed by atoms with E-state index in [9.17, 15) is 9.59 Å². The number of carbonyl (C=O) groups excluding carboxylic acids is 2. The van der Waals surface area contributed by atoms with Gasteiger partial charge in [-0.05, 0) is 83.3 Å². The Bertz CT molecular complexity index is 727. The van der Waals surface area contributed by atoms with E-state index in [0.29, 0.717) is 17.4 Å². The number of ether oxygens (including phenoxy) is 1. The Hall–Kier alpha value is -2.11. The Morgan fingerprint density at radius 2 is 1.74 bits per heavy atom. The topological polar surface area (TPSA) is 80.3 Å². The maximum absolute atomic E-state index is 12.8. The van der Waals surface area contributed by atoms with Crippen LogP contribution in [0.1, 0.15) is 69.7 Å². The zero-order chi connectivity index (χ0) is 19.3. The number of hydrogen-bond acceptors (Lipinski definition) is 4. The van der Waals surface area contributed by atoms with E-state index in [1.54, 1.807) is 24.5 Å². The first-order valence-corrected chi connectivity index (χ1v) is 9.90. The number of aromatic nitrogens is 1. The van der Waals surface area contributed by atoms with Gasteiger partial charge in [0.05, 0.1) is 5.56 Å². The number of rotatable bonds is 3. The molecule has 0 saturated heterocycles. The SMILES string of the molecule is CC(C)(C)OC(=O)NC12CC3CC(C1)CC(NC(=O)c1cccnc1)(C3)C2. The van der Waals surface area contributed by atoms with Crippen LogP contribution in [0.4, 0.5) is 4.79 Å². The lowest BCUT2D eigenvalue weighted by Gasteiger charge is -2.62. The van der Waals surface area contributed by atoms with Crippen molar-refractivity contribution in [1.82, 2.24) is 15.6 Å². The molecule has 27 heavy (non-hydrogen) atoms. The third kappa shape index (κ3) is 3.80. The van der Waals surface area contributed by atoms with Gasteiger partial charge in [-0.15, -0.1) is 0 Å². The highest BCUT2D eigenvalue weighted by Gasteiger charge is 2.59. The number of hydrogen-bond donors (Lipinski definition) is 2. The Morgan fingerprint density at radius 1 is 1.11 bits per heavy atom. The molecule has 2 N–H and O–H groups in total. The molecule has 2 atom stereocenters. The van der Waals surface area contributed by atoms with Crippen molar-refractivity contribution in [1.29, 1.82) is 0 Å². The van der Waals surface area contributed by atoms with Gasteiger partial charge < -0.3 is 15.4 Å². The highest BCUT2D eigenvalue weighted by Crippen LogP contribution is 2.57. The average molecular weight is 371 g/mol. The molecule has 146 valence electrons. The summed E-state index contributed by atoms with van der Waals surface area (Å²) in [5.74, 6) is 1.00. The van der Waals surface area contributed by atoms with Crippen LogP contribution in [0.5, 0.6) is 0 Å². The minimum atomic E-state index is -0.515. The summed E-state index contributed by atoms with van der Waals surface area (Å²) in [6.07, 6.45) is 8.84. The van der Waals surface area contributed by atoms with Crippen molar-refractivity contribution < 1.29 is 14.3 Å². The Morgan fingerprint density at radius 3 is 2.30 bits per heavy atom. The maximum atomic E-state index is 12.8. The van der Waals surface area contributed by atoms with Gasteiger partial charge in [-0.2, -0.15) is 0 Å². The molecule has 1 heterocycles. The van der Waals surface area contributed by atoms with Crippen molar-refractivity contribution >= 4 is 12.0 Å². The number of nitrogens with one attached hydrogen (secondary N) is 2. The molecule has 4 fully saturated rings. The van der Waals surface area contributed by atoms with Crippen molar-refractivity contribution in [3.63, 3.8) is 0 Å². The summed E-state index contributed by atoms with van der Waals surface area (Å²) >= 11 is 0. The van der Waals surface area contributed by atoms with Gasteiger partial charge in [-0.3, -0.25) is 9.78 Å². The van der Waals surface area contributed by atoms with Crippen molar-refractivity contribution in [2.75, 3.05) is 0 Å². The summed E-state index contributed by atoms with van der Waals surface area (Å²) in [6, 6.07) is 3.57. The monoisotopic (exact) mass is 371 g/mol. The van der Waals surface area contributed by atoms with Crippen molar-refractivity contribution in [3.05, 3.63) is 30.1 Å². The smallest absolute Gasteiger partial charge is 0.408 e. The standard InChI is InChI=1S/C21H29N3O3/c1-19(2,3)27-18(26)24-21-10-14-7-15(11-21)9-20(8-14,13-21)23-17(25)16-5-4-6-22-12-16/h4-6,12,14-15H,7-11,13H2,1-3H3,(H,23,25)(H,24,26). The summed E-state index contributed by atoms with van der Waals surface area (Å²) in [5.41, 5.74) is -0.443. The van der Waals surface area contributed by atoms with Crippen molar-refractivity contribution in [2.24, 2.45) is 11.8 Å². The van der Waals surface area contributed by atoms with Crippen LogP contribution in [-0.2, 0) is 4.74 Å². The van der Waals surface area contributed by atoms with E-state index in [2.05, 4.69) is 15.6 Å². The highest BCUT2D eigenvalue weighted by atomic mass is 16.6. The van der Waals surface area contributed by atoms with Gasteiger partial charge in [-0.25, -0.2) is 4.79 Å². The van der Waals surface area contributed by atoms with Crippen LogP contribution in [0.15, 0.2) is 24.5 Å². The van der Waals surface area contributed by atoms with Gasteiger partial charge in [0.25, 0.3) is 5.91 Å². The molecular weight excluding hydrogens is 342 g/mol. The largest absolute Gasteiger partial charge is 0.444 e. The molecule has 0 aromatic carbocycles. The maximum Gasteiger partial charge on any atom is 0.408 e. The lowest BCUT2D eigenvalue weighted by molar-refractivity contribution is -0.0509. The van der Waals surface area contributed by atoms with E-state index in [1.165, 1.54) is 6.42 Å². The van der Waals surface area contributed by atoms with Crippen LogP contribution in [-0.4, -0.2) is 33.7 Å². The highest BCUT2D eigenvalue weighted by molar-refractivity contribution is 5.94. The Balaban J connectivity index is 1.52. The molecule has 4 aliphatic carbocycles. The second kappa shape index (κ2) is 6.21. The van der Waals surface area contributed by atoms with Crippen LogP contribution in [0.2, 0.25) is 0 Å². The third-order valence-electron chi connectivity index (χ3n) is 6.13. The fourth-order valence-electron chi connectivity index (χ4n) is 5.89. The number of amides is 2. The number of pyridine rings is 1. The molecule has 4 saturated carbocycles. The van der Waals surface area contributed by atoms with Crippen LogP contribution >= 0.6 is 0 Å². The van der Waals surface area contributed by atoms with E-state index >= 15 is 0 Å². The molecule has 4 aliphatic rings. The van der Waals surface area contributed by atoms with Crippen LogP contribution in [0.3, 0.4) is 0 Å². The molecule has 6 heteroatoms. The van der Waals surface area contributed by atoms with E-state index in [0.717, 1.165) is 32.1 Å². The zero-order valence-electron chi connectivity index (χ0n) is 16.4. The number of alkyl carbamates (subject to hydrolysis) is 1. The minimum Gasteiger partial charge on any atom is -0.444 e. The van der Waals surface area contributed by atoms with Gasteiger partial charge in [0.1, 0.15) is 5.60 Å². The van der Waals surface area contributed by atoms with Gasteiger partial charge in [-0.1, -0.05) is 0 Å². The number of carbonyl (C=O) groups is 2. The first-order chi connectivity index (χ1) is 12.7. The van der Waals surface area contributed by atoms with Gasteiger partial charge in [0, 0.05) is 23.5 Å². The Kier molecular flexibility index (Phi) is 4.20. The van der Waals surface area contributed by atoms with Crippen LogP contribution < -0.4 is 10.6 Å². The molecular formula is C21H29N3O3. The predicted octanol–water partition coefficient (Wildman–Crippen LogP) is 3.43. The van der Waals surface area contributed by atoms with Crippen molar-refractivity contribution in [3.8, 4) is 0 Å². The van der Waals surface area contributed by atoms with Gasteiger partial charge >= 0.3 is 6.09 Å². The predicted molar refractivity (Wildman–Crippen MR) is 101 cm³/mol. The molecule has 0 aliphatic heterocycles. The zero-order valence-corrected chi connectivity index (χ0v) is 16.4. The fourth-order valence-corrected chi connectivity index (χ4v) is 5.89. The molecule has 1 aromatic heterocycles. The summed E-state index contributed by atoms with van der Waals surface area (Å²) in [5, 5.41) is 6.51. The summed E-state index contributed by atoms with van der Waals surface area (Å²) in [7, 11) is 0. The van der Waals surface area contributed by atoms with Crippen LogP contribution in [0, 0.1) is 11.8 Å². The van der Waals surface area contributed by atoms with E-state index in [1.807, 2.05) is 20.8 Å². The third-order valence-corrected chi connectivity index (χ3v) is 6.13. The summed E-state index contributed by atoms with van der Waals surface area (Å²) in [4.78, 5) is 29.3. The molecule has 2 amide bonds. The second-order valence-corrected chi connectivity index (χ2v) is 9.84. The minimum absolute atomic E-state index is 0.0718. The van der Waals surface area contributed by atoms with Gasteiger partial charge in [0.15, 0.2) is 0 Å².